The number of anilines is 1. The fourth-order valence-corrected chi connectivity index (χ4v) is 5.10. The van der Waals surface area contributed by atoms with Crippen molar-refractivity contribution in [2.75, 3.05) is 23.7 Å². The number of hydrogen-bond acceptors (Lipinski definition) is 4. The maximum absolute atomic E-state index is 13.3. The quantitative estimate of drug-likeness (QED) is 0.380. The Balaban J connectivity index is 2.15. The monoisotopic (exact) mass is 555 g/mol. The van der Waals surface area contributed by atoms with E-state index in [1.54, 1.807) is 17.9 Å². The van der Waals surface area contributed by atoms with E-state index < -0.39 is 16.1 Å². The lowest BCUT2D eigenvalue weighted by Crippen LogP contribution is -2.50. The molecule has 0 aliphatic rings. The summed E-state index contributed by atoms with van der Waals surface area (Å²) in [5.41, 5.74) is 1.32. The van der Waals surface area contributed by atoms with Crippen molar-refractivity contribution in [2.24, 2.45) is 0 Å². The van der Waals surface area contributed by atoms with Gasteiger partial charge in [-0.3, -0.25) is 13.9 Å². The fraction of sp³-hybridized carbons (Fsp3) is 0.462. The van der Waals surface area contributed by atoms with Crippen LogP contribution in [0.5, 0.6) is 0 Å². The molecule has 0 radical (unpaired) electrons. The van der Waals surface area contributed by atoms with Gasteiger partial charge in [-0.1, -0.05) is 60.5 Å². The van der Waals surface area contributed by atoms with Gasteiger partial charge in [0.15, 0.2) is 0 Å². The number of rotatable bonds is 13. The minimum absolute atomic E-state index is 0.00297. The highest BCUT2D eigenvalue weighted by molar-refractivity contribution is 7.92. The number of benzene rings is 2. The number of sulfonamides is 1. The average molecular weight is 557 g/mol. The summed E-state index contributed by atoms with van der Waals surface area (Å²) in [6.45, 7) is 6.03. The topological polar surface area (TPSA) is 86.8 Å². The Morgan fingerprint density at radius 2 is 1.69 bits per heavy atom. The molecule has 2 rings (SSSR count). The van der Waals surface area contributed by atoms with Gasteiger partial charge in [0, 0.05) is 30.6 Å². The first-order valence-electron chi connectivity index (χ1n) is 12.0. The van der Waals surface area contributed by atoms with Crippen LogP contribution in [0.3, 0.4) is 0 Å². The van der Waals surface area contributed by atoms with Gasteiger partial charge in [-0.2, -0.15) is 0 Å². The van der Waals surface area contributed by atoms with E-state index in [-0.39, 0.29) is 48.0 Å². The van der Waals surface area contributed by atoms with Crippen molar-refractivity contribution in [3.63, 3.8) is 0 Å². The highest BCUT2D eigenvalue weighted by atomic mass is 35.5. The van der Waals surface area contributed by atoms with E-state index in [9.17, 15) is 18.0 Å². The Kier molecular flexibility index (Phi) is 11.5. The van der Waals surface area contributed by atoms with Crippen LogP contribution < -0.4 is 9.62 Å². The molecule has 0 aromatic heterocycles. The number of nitrogens with one attached hydrogen (secondary N) is 1. The Morgan fingerprint density at radius 1 is 1.03 bits per heavy atom. The van der Waals surface area contributed by atoms with Crippen molar-refractivity contribution < 1.29 is 18.0 Å². The van der Waals surface area contributed by atoms with E-state index in [0.717, 1.165) is 22.5 Å². The molecular weight excluding hydrogens is 521 g/mol. The number of carbonyl (C=O) groups excluding carboxylic acids is 2. The second kappa shape index (κ2) is 13.9. The number of carbonyl (C=O) groups is 2. The summed E-state index contributed by atoms with van der Waals surface area (Å²) in [5.74, 6) is -0.433. The third-order valence-electron chi connectivity index (χ3n) is 5.98. The molecule has 0 bridgehead atoms. The summed E-state index contributed by atoms with van der Waals surface area (Å²) in [4.78, 5) is 27.7. The highest BCUT2D eigenvalue weighted by Gasteiger charge is 2.27. The van der Waals surface area contributed by atoms with Gasteiger partial charge in [-0.15, -0.1) is 0 Å². The fourth-order valence-electron chi connectivity index (χ4n) is 3.69. The molecule has 2 atom stereocenters. The molecule has 0 aliphatic heterocycles. The van der Waals surface area contributed by atoms with Crippen LogP contribution in [0.4, 0.5) is 5.69 Å². The lowest BCUT2D eigenvalue weighted by atomic mass is 10.1. The number of hydrogen-bond donors (Lipinski definition) is 1. The van der Waals surface area contributed by atoms with Gasteiger partial charge in [0.2, 0.25) is 21.8 Å². The number of halogens is 2. The molecule has 0 spiro atoms. The summed E-state index contributed by atoms with van der Waals surface area (Å²) in [7, 11) is -3.67. The second-order valence-electron chi connectivity index (χ2n) is 8.85. The minimum Gasteiger partial charge on any atom is -0.352 e. The second-order valence-corrected chi connectivity index (χ2v) is 11.6. The zero-order valence-electron chi connectivity index (χ0n) is 21.2. The molecule has 1 N–H and O–H groups in total. The molecular formula is C26H35Cl2N3O4S. The van der Waals surface area contributed by atoms with Crippen molar-refractivity contribution in [2.45, 2.75) is 58.5 Å². The predicted octanol–water partition coefficient (Wildman–Crippen LogP) is 4.91. The standard InChI is InChI=1S/C26H35Cl2N3O4S/c1-5-19(2)29-26(33)20(3)30(17-15-21-10-7-6-8-11-21)25(32)12-9-16-31(36(4,34)35)24-18-22(27)13-14-23(24)28/h6-8,10-11,13-14,18-20H,5,9,12,15-17H2,1-4H3,(H,29,33)/t19-,20-/m1/s1. The smallest absolute Gasteiger partial charge is 0.242 e. The molecule has 0 heterocycles. The van der Waals surface area contributed by atoms with Crippen LogP contribution in [0, 0.1) is 0 Å². The highest BCUT2D eigenvalue weighted by Crippen LogP contribution is 2.31. The first-order chi connectivity index (χ1) is 16.9. The van der Waals surface area contributed by atoms with Gasteiger partial charge in [0.1, 0.15) is 6.04 Å². The molecule has 10 heteroatoms. The van der Waals surface area contributed by atoms with E-state index >= 15 is 0 Å². The van der Waals surface area contributed by atoms with Gasteiger partial charge in [-0.05, 0) is 56.9 Å². The molecule has 0 saturated heterocycles. The SMILES string of the molecule is CC[C@@H](C)NC(=O)[C@@H](C)N(CCc1ccccc1)C(=O)CCCN(c1cc(Cl)ccc1Cl)S(C)(=O)=O. The van der Waals surface area contributed by atoms with E-state index in [1.165, 1.54) is 12.1 Å². The molecule has 36 heavy (non-hydrogen) atoms. The van der Waals surface area contributed by atoms with Gasteiger partial charge in [-0.25, -0.2) is 8.42 Å². The zero-order chi connectivity index (χ0) is 26.9. The van der Waals surface area contributed by atoms with E-state index in [4.69, 9.17) is 23.2 Å². The van der Waals surface area contributed by atoms with Crippen molar-refractivity contribution in [3.8, 4) is 0 Å². The lowest BCUT2D eigenvalue weighted by Gasteiger charge is -2.30. The van der Waals surface area contributed by atoms with E-state index in [2.05, 4.69) is 5.32 Å². The molecule has 7 nitrogen and oxygen atoms in total. The van der Waals surface area contributed by atoms with Gasteiger partial charge in [0.05, 0.1) is 17.0 Å². The van der Waals surface area contributed by atoms with Crippen LogP contribution >= 0.6 is 23.2 Å². The molecule has 0 unspecified atom stereocenters. The molecule has 0 saturated carbocycles. The lowest BCUT2D eigenvalue weighted by molar-refractivity contribution is -0.140. The molecule has 0 fully saturated rings. The normalized spacial score (nSPS) is 13.1. The van der Waals surface area contributed by atoms with Gasteiger partial charge in [0.25, 0.3) is 0 Å². The van der Waals surface area contributed by atoms with Gasteiger partial charge >= 0.3 is 0 Å². The summed E-state index contributed by atoms with van der Waals surface area (Å²) < 4.78 is 26.1. The van der Waals surface area contributed by atoms with Gasteiger partial charge < -0.3 is 10.2 Å². The van der Waals surface area contributed by atoms with Crippen LogP contribution in [0.2, 0.25) is 10.0 Å². The van der Waals surface area contributed by atoms with E-state index in [1.807, 2.05) is 44.2 Å². The number of amides is 2. The zero-order valence-corrected chi connectivity index (χ0v) is 23.5. The summed E-state index contributed by atoms with van der Waals surface area (Å²) >= 11 is 12.3. The first kappa shape index (κ1) is 29.9. The van der Waals surface area contributed by atoms with Crippen LogP contribution in [0.15, 0.2) is 48.5 Å². The Labute approximate surface area is 224 Å². The minimum atomic E-state index is -3.67. The molecule has 0 aliphatic carbocycles. The third-order valence-corrected chi connectivity index (χ3v) is 7.72. The summed E-state index contributed by atoms with van der Waals surface area (Å²) in [6.07, 6.45) is 2.78. The first-order valence-corrected chi connectivity index (χ1v) is 14.6. The Hall–Kier alpha value is -2.29. The predicted molar refractivity (Wildman–Crippen MR) is 147 cm³/mol. The van der Waals surface area contributed by atoms with Crippen molar-refractivity contribution in [3.05, 3.63) is 64.1 Å². The van der Waals surface area contributed by atoms with Crippen LogP contribution in [-0.2, 0) is 26.0 Å². The maximum atomic E-state index is 13.3. The van der Waals surface area contributed by atoms with Crippen molar-refractivity contribution in [1.82, 2.24) is 10.2 Å². The van der Waals surface area contributed by atoms with Crippen molar-refractivity contribution in [1.29, 1.82) is 0 Å². The maximum Gasteiger partial charge on any atom is 0.242 e. The number of nitrogens with zero attached hydrogens (tertiary/aromatic N) is 2. The summed E-state index contributed by atoms with van der Waals surface area (Å²) in [5, 5.41) is 3.54. The summed E-state index contributed by atoms with van der Waals surface area (Å²) in [6, 6.07) is 13.7. The van der Waals surface area contributed by atoms with Crippen molar-refractivity contribution >= 4 is 50.7 Å². The molecule has 2 aromatic rings. The van der Waals surface area contributed by atoms with E-state index in [0.29, 0.717) is 18.0 Å². The average Bonchev–Trinajstić information content (AvgIpc) is 2.83. The Bertz CT molecular complexity index is 1130. The Morgan fingerprint density at radius 3 is 2.31 bits per heavy atom. The third kappa shape index (κ3) is 8.98. The van der Waals surface area contributed by atoms with Crippen LogP contribution in [0.25, 0.3) is 0 Å². The van der Waals surface area contributed by atoms with Crippen LogP contribution in [-0.4, -0.2) is 56.6 Å². The van der Waals surface area contributed by atoms with Crippen LogP contribution in [0.1, 0.15) is 45.6 Å². The molecule has 2 aromatic carbocycles. The molecule has 2 amide bonds. The largest absolute Gasteiger partial charge is 0.352 e. The molecule has 198 valence electrons.